The molecule has 0 bridgehead atoms. The van der Waals surface area contributed by atoms with Gasteiger partial charge in [-0.15, -0.1) is 0 Å². The Labute approximate surface area is 792 Å². The number of alkyl halides is 3. The van der Waals surface area contributed by atoms with Gasteiger partial charge in [-0.1, -0.05) is 279 Å². The molecule has 0 atom stereocenters. The first-order valence-corrected chi connectivity index (χ1v) is 46.1. The Balaban J connectivity index is 0.000000146. The largest absolute Gasteiger partial charge is 0.416 e. The molecule has 26 rings (SSSR count). The number of hydrogen-bond donors (Lipinski definition) is 0. The van der Waals surface area contributed by atoms with Crippen molar-refractivity contribution < 1.29 is 13.2 Å². The van der Waals surface area contributed by atoms with Crippen LogP contribution in [0, 0.1) is 24.8 Å². The number of aryl methyl sites for hydroxylation is 1. The highest BCUT2D eigenvalue weighted by Gasteiger charge is 2.46. The molecule has 642 valence electrons. The summed E-state index contributed by atoms with van der Waals surface area (Å²) in [5, 5.41) is 14.4. The van der Waals surface area contributed by atoms with Crippen molar-refractivity contribution in [2.45, 2.75) is 13.1 Å². The van der Waals surface area contributed by atoms with Crippen LogP contribution in [-0.4, -0.2) is 22.6 Å². The van der Waals surface area contributed by atoms with Gasteiger partial charge in [-0.3, -0.25) is 0 Å². The van der Waals surface area contributed by atoms with Gasteiger partial charge in [0.25, 0.3) is 13.4 Å². The van der Waals surface area contributed by atoms with E-state index >= 15 is 0 Å². The van der Waals surface area contributed by atoms with Crippen LogP contribution in [0.2, 0.25) is 0 Å². The lowest BCUT2D eigenvalue weighted by atomic mass is 9.33. The molecule has 0 saturated carbocycles. The fourth-order valence-electron chi connectivity index (χ4n) is 21.9. The highest BCUT2D eigenvalue weighted by Crippen LogP contribution is 2.52. The van der Waals surface area contributed by atoms with Crippen molar-refractivity contribution in [3.05, 3.63) is 489 Å². The minimum Gasteiger partial charge on any atom is -0.311 e. The van der Waals surface area contributed by atoms with E-state index in [1.54, 1.807) is 6.07 Å². The molecule has 0 spiro atoms. The molecule has 0 unspecified atom stereocenters. The van der Waals surface area contributed by atoms with E-state index in [0.29, 0.717) is 22.4 Å². The van der Waals surface area contributed by atoms with E-state index in [9.17, 15) is 18.4 Å². The maximum absolute atomic E-state index is 14.3. The zero-order valence-corrected chi connectivity index (χ0v) is 74.2. The molecule has 0 N–H and O–H groups in total. The van der Waals surface area contributed by atoms with Crippen LogP contribution in [0.5, 0.6) is 0 Å². The van der Waals surface area contributed by atoms with Gasteiger partial charge < -0.3 is 28.7 Å². The van der Waals surface area contributed by atoms with Crippen molar-refractivity contribution in [1.29, 1.82) is 5.26 Å². The summed E-state index contributed by atoms with van der Waals surface area (Å²) in [4.78, 5) is 13.5. The predicted molar refractivity (Wildman–Crippen MR) is 563 cm³/mol. The van der Waals surface area contributed by atoms with Gasteiger partial charge in [0.05, 0.1) is 57.2 Å². The van der Waals surface area contributed by atoms with E-state index in [0.717, 1.165) is 179 Å². The second kappa shape index (κ2) is 32.8. The van der Waals surface area contributed by atoms with Gasteiger partial charge in [0, 0.05) is 101 Å². The van der Waals surface area contributed by atoms with E-state index in [1.807, 2.05) is 79.7 Å². The molecule has 0 amide bonds. The molecule has 0 aliphatic carbocycles. The smallest absolute Gasteiger partial charge is 0.311 e. The Morgan fingerprint density at radius 2 is 0.599 bits per heavy atom. The average Bonchev–Trinajstić information content (AvgIpc) is 1.60. The van der Waals surface area contributed by atoms with Crippen LogP contribution in [0.1, 0.15) is 16.7 Å². The number of halogens is 3. The Morgan fingerprint density at radius 3 is 1.01 bits per heavy atom. The Morgan fingerprint density at radius 1 is 0.263 bits per heavy atom. The molecule has 0 radical (unpaired) electrons. The third-order valence-corrected chi connectivity index (χ3v) is 27.8. The second-order valence-corrected chi connectivity index (χ2v) is 35.6. The molecule has 4 aliphatic rings. The van der Waals surface area contributed by atoms with Gasteiger partial charge in [0.1, 0.15) is 0 Å². The number of benzene rings is 20. The summed E-state index contributed by atoms with van der Waals surface area (Å²) < 4.78 is 47.6. The minimum atomic E-state index is -4.49. The fraction of sp³-hybridized carbons (Fsp3) is 0.0161. The van der Waals surface area contributed by atoms with Crippen molar-refractivity contribution >= 4 is 164 Å². The van der Waals surface area contributed by atoms with E-state index in [2.05, 4.69) is 404 Å². The molecule has 8 nitrogen and oxygen atoms in total. The van der Waals surface area contributed by atoms with Gasteiger partial charge >= 0.3 is 6.18 Å². The number of rotatable bonds is 12. The molecule has 4 aliphatic heterocycles. The first-order valence-electron chi connectivity index (χ1n) is 46.1. The second-order valence-electron chi connectivity index (χ2n) is 35.6. The van der Waals surface area contributed by atoms with Crippen LogP contribution in [-0.2, 0) is 6.18 Å². The molecule has 6 heterocycles. The monoisotopic (exact) mass is 1760 g/mol. The maximum atomic E-state index is 14.3. The fourth-order valence-corrected chi connectivity index (χ4v) is 21.9. The van der Waals surface area contributed by atoms with Crippen LogP contribution < -0.4 is 52.4 Å². The van der Waals surface area contributed by atoms with Crippen LogP contribution >= 0.6 is 0 Å². The van der Waals surface area contributed by atoms with Gasteiger partial charge in [-0.25, -0.2) is 4.85 Å². The predicted octanol–water partition coefficient (Wildman–Crippen LogP) is 29.5. The molecule has 2 aromatic heterocycles. The van der Waals surface area contributed by atoms with Gasteiger partial charge in [0.2, 0.25) is 0 Å². The number of nitriles is 1. The van der Waals surface area contributed by atoms with Crippen molar-refractivity contribution in [2.24, 2.45) is 0 Å². The summed E-state index contributed by atoms with van der Waals surface area (Å²) in [6.07, 6.45) is -4.49. The number of aromatic nitrogens is 2. The molecular weight excluding hydrogens is 1680 g/mol. The lowest BCUT2D eigenvalue weighted by Crippen LogP contribution is -2.61. The first kappa shape index (κ1) is 81.1. The van der Waals surface area contributed by atoms with Crippen molar-refractivity contribution in [3.8, 4) is 84.2 Å². The van der Waals surface area contributed by atoms with Crippen LogP contribution in [0.3, 0.4) is 0 Å². The van der Waals surface area contributed by atoms with Gasteiger partial charge in [0.15, 0.2) is 5.69 Å². The summed E-state index contributed by atoms with van der Waals surface area (Å²) in [7, 11) is 0. The molecule has 0 saturated heterocycles. The Bertz CT molecular complexity index is 8530. The lowest BCUT2D eigenvalue weighted by Gasteiger charge is -2.44. The van der Waals surface area contributed by atoms with Crippen molar-refractivity contribution in [1.82, 2.24) is 9.13 Å². The number of fused-ring (bicyclic) bond motifs is 14. The maximum Gasteiger partial charge on any atom is 0.416 e. The molecule has 13 heteroatoms. The number of hydrogen-bond acceptors (Lipinski definition) is 5. The minimum absolute atomic E-state index is 0.000143. The van der Waals surface area contributed by atoms with E-state index in [1.165, 1.54) is 56.3 Å². The SMILES string of the molecule is Cc1cccc(-c2ccc(-n3c4ccccc4c4cc(-c5cc6c7c(c5)N(c5ccccc5)c5ccccc5B7c5ccccc5N6c5ccccc5)ccc43)c(-c3cccc(C(F)(F)F)c3)c2)c1.[C-]#[N+]c1cccc(-c2ccc(-n3c4ccccc4c4cc(-c5cc6c7c(c5)N(c5ccccc5)c5ccccc5B7c5ccccc5N6c5ccccc5)ccc43)c(-c3cccc(C#N)c3)c2)c1. The van der Waals surface area contributed by atoms with Crippen LogP contribution in [0.25, 0.3) is 127 Å². The summed E-state index contributed by atoms with van der Waals surface area (Å²) in [6, 6.07) is 163. The van der Waals surface area contributed by atoms with E-state index < -0.39 is 11.7 Å². The lowest BCUT2D eigenvalue weighted by molar-refractivity contribution is -0.137. The molecule has 137 heavy (non-hydrogen) atoms. The summed E-state index contributed by atoms with van der Waals surface area (Å²) in [5.74, 6) is 0. The topological polar surface area (TPSA) is 51.0 Å². The zero-order chi connectivity index (χ0) is 91.7. The summed E-state index contributed by atoms with van der Waals surface area (Å²) in [5.41, 5.74) is 40.1. The van der Waals surface area contributed by atoms with Crippen LogP contribution in [0.4, 0.5) is 87.1 Å². The van der Waals surface area contributed by atoms with Crippen molar-refractivity contribution in [2.75, 3.05) is 19.6 Å². The summed E-state index contributed by atoms with van der Waals surface area (Å²) >= 11 is 0. The molecule has 20 aromatic carbocycles. The standard InChI is InChI=1S/C62H41BF3N3.C62H38BN5/c1-40-16-14-17-41(34-40)42-30-32-55(50(36-42)44-18-15-19-46(35-44)62(64,65)66)69-54-27-11-8-24-49(54)51-37-43(31-33-56(51)69)45-38-59-61-60(39-45)68(48-22-6-3-7-23-48)58-29-13-10-26-53(58)63(61)52-25-9-12-28-57(52)67(59)47-20-4-2-5-21-47;1-65-47-19-15-17-42(35-47)43-30-32-56(51(36-43)45-18-14-16-41(34-45)40-64)68-55-27-11-8-24-50(55)52-37-44(31-33-57(52)68)46-38-60-62-61(39-46)67(49-22-6-3-7-23-49)59-29-13-10-26-54(59)63(62)53-25-9-12-28-58(53)66(60)48-20-4-2-5-21-48/h2-39H,1H3;2-39H. The van der Waals surface area contributed by atoms with E-state index in [4.69, 9.17) is 6.57 Å². The highest BCUT2D eigenvalue weighted by molar-refractivity contribution is 7.01. The normalized spacial score (nSPS) is 12.6. The molecule has 0 fully saturated rings. The molecule has 22 aromatic rings. The number of nitrogens with zero attached hydrogens (tertiary/aromatic N) is 8. The van der Waals surface area contributed by atoms with Gasteiger partial charge in [-0.2, -0.15) is 18.4 Å². The quantitative estimate of drug-likeness (QED) is 0.0901. The third kappa shape index (κ3) is 13.6. The highest BCUT2D eigenvalue weighted by atomic mass is 19.4. The number of anilines is 12. The Hall–Kier alpha value is -17.9. The zero-order valence-electron chi connectivity index (χ0n) is 74.2. The van der Waals surface area contributed by atoms with E-state index in [-0.39, 0.29) is 13.4 Å². The van der Waals surface area contributed by atoms with Gasteiger partial charge in [-0.05, 0) is 283 Å². The van der Waals surface area contributed by atoms with Crippen molar-refractivity contribution in [3.63, 3.8) is 0 Å². The average molecular weight is 1760 g/mol. The first-order chi connectivity index (χ1) is 67.4. The Kier molecular flexibility index (Phi) is 19.4. The van der Waals surface area contributed by atoms with Crippen LogP contribution in [0.15, 0.2) is 461 Å². The third-order valence-electron chi connectivity index (χ3n) is 27.8. The number of para-hydroxylation sites is 10. The molecular formula is C124H79B2F3N8. The summed E-state index contributed by atoms with van der Waals surface area (Å²) in [6.45, 7) is 9.76.